The minimum atomic E-state index is -0.112. The predicted molar refractivity (Wildman–Crippen MR) is 118 cm³/mol. The number of carbonyl (C=O) groups is 2. The molecule has 0 saturated carbocycles. The topological polar surface area (TPSA) is 67.4 Å². The fourth-order valence-electron chi connectivity index (χ4n) is 3.04. The molecule has 0 bridgehead atoms. The Bertz CT molecular complexity index is 823. The Morgan fingerprint density at radius 2 is 1.93 bits per heavy atom. The molecule has 1 atom stereocenters. The Morgan fingerprint density at radius 3 is 2.69 bits per heavy atom. The maximum absolute atomic E-state index is 12.6. The first kappa shape index (κ1) is 21.7. The van der Waals surface area contributed by atoms with E-state index < -0.39 is 0 Å². The molecule has 29 heavy (non-hydrogen) atoms. The minimum Gasteiger partial charge on any atom is -0.377 e. The molecule has 2 amide bonds. The number of hydrogen-bond donors (Lipinski definition) is 2. The van der Waals surface area contributed by atoms with E-state index in [1.54, 1.807) is 36.0 Å². The Balaban J connectivity index is 1.41. The van der Waals surface area contributed by atoms with E-state index in [9.17, 15) is 9.59 Å². The van der Waals surface area contributed by atoms with Crippen LogP contribution in [0.15, 0.2) is 53.4 Å². The first-order valence-corrected chi connectivity index (χ1v) is 11.2. The summed E-state index contributed by atoms with van der Waals surface area (Å²) < 4.78 is 5.66. The molecule has 1 heterocycles. The van der Waals surface area contributed by atoms with Crippen molar-refractivity contribution < 1.29 is 14.3 Å². The third kappa shape index (κ3) is 7.07. The largest absolute Gasteiger partial charge is 0.377 e. The Morgan fingerprint density at radius 1 is 1.14 bits per heavy atom. The van der Waals surface area contributed by atoms with Crippen LogP contribution in [0, 0.1) is 0 Å². The molecule has 1 aliphatic heterocycles. The maximum Gasteiger partial charge on any atom is 0.252 e. The molecule has 1 saturated heterocycles. The average molecular weight is 433 g/mol. The van der Waals surface area contributed by atoms with Gasteiger partial charge in [-0.2, -0.15) is 0 Å². The molecule has 5 nitrogen and oxygen atoms in total. The second kappa shape index (κ2) is 11.2. The van der Waals surface area contributed by atoms with Crippen LogP contribution >= 0.6 is 23.4 Å². The van der Waals surface area contributed by atoms with Gasteiger partial charge in [0.05, 0.1) is 11.7 Å². The molecule has 2 aromatic rings. The lowest BCUT2D eigenvalue weighted by Crippen LogP contribution is -2.26. The van der Waals surface area contributed by atoms with E-state index in [1.165, 1.54) is 0 Å². The van der Waals surface area contributed by atoms with Crippen LogP contribution in [0.4, 0.5) is 5.69 Å². The summed E-state index contributed by atoms with van der Waals surface area (Å²) in [5.41, 5.74) is 1.38. The van der Waals surface area contributed by atoms with E-state index in [0.29, 0.717) is 35.7 Å². The lowest BCUT2D eigenvalue weighted by atomic mass is 10.2. The van der Waals surface area contributed by atoms with Crippen LogP contribution in [0.3, 0.4) is 0 Å². The lowest BCUT2D eigenvalue weighted by Gasteiger charge is -2.12. The van der Waals surface area contributed by atoms with E-state index in [2.05, 4.69) is 10.6 Å². The first-order valence-electron chi connectivity index (χ1n) is 9.79. The van der Waals surface area contributed by atoms with Gasteiger partial charge < -0.3 is 15.4 Å². The molecule has 1 unspecified atom stereocenters. The number of anilines is 1. The zero-order valence-electron chi connectivity index (χ0n) is 16.2. The van der Waals surface area contributed by atoms with Gasteiger partial charge in [0.1, 0.15) is 0 Å². The Hall–Kier alpha value is -2.02. The Kier molecular flexibility index (Phi) is 8.40. The average Bonchev–Trinajstić information content (AvgIpc) is 3.25. The molecule has 0 radical (unpaired) electrons. The number of halogens is 1. The normalized spacial score (nSPS) is 15.8. The van der Waals surface area contributed by atoms with Gasteiger partial charge in [0.15, 0.2) is 0 Å². The van der Waals surface area contributed by atoms with Gasteiger partial charge in [-0.3, -0.25) is 9.59 Å². The number of ether oxygens (including phenoxy) is 1. The molecule has 1 fully saturated rings. The summed E-state index contributed by atoms with van der Waals surface area (Å²) in [4.78, 5) is 25.5. The number of thioether (sulfide) groups is 1. The van der Waals surface area contributed by atoms with Gasteiger partial charge >= 0.3 is 0 Å². The number of nitrogens with one attached hydrogen (secondary N) is 2. The van der Waals surface area contributed by atoms with Crippen LogP contribution in [0.2, 0.25) is 5.02 Å². The smallest absolute Gasteiger partial charge is 0.252 e. The summed E-state index contributed by atoms with van der Waals surface area (Å²) in [7, 11) is 0. The summed E-state index contributed by atoms with van der Waals surface area (Å²) in [6, 6.07) is 14.6. The summed E-state index contributed by atoms with van der Waals surface area (Å²) >= 11 is 7.49. The van der Waals surface area contributed by atoms with Crippen molar-refractivity contribution in [3.05, 3.63) is 59.1 Å². The monoisotopic (exact) mass is 432 g/mol. The highest BCUT2D eigenvalue weighted by Crippen LogP contribution is 2.26. The van der Waals surface area contributed by atoms with Crippen LogP contribution in [0.1, 0.15) is 36.0 Å². The van der Waals surface area contributed by atoms with E-state index in [0.717, 1.165) is 30.1 Å². The second-order valence-electron chi connectivity index (χ2n) is 6.86. The van der Waals surface area contributed by atoms with Crippen molar-refractivity contribution in [1.82, 2.24) is 5.32 Å². The van der Waals surface area contributed by atoms with Gasteiger partial charge in [0, 0.05) is 40.9 Å². The summed E-state index contributed by atoms with van der Waals surface area (Å²) in [6.07, 6.45) is 3.36. The van der Waals surface area contributed by atoms with Crippen molar-refractivity contribution in [2.75, 3.05) is 24.2 Å². The zero-order chi connectivity index (χ0) is 20.5. The maximum atomic E-state index is 12.6. The van der Waals surface area contributed by atoms with E-state index >= 15 is 0 Å². The fraction of sp³-hybridized carbons (Fsp3) is 0.364. The third-order valence-corrected chi connectivity index (χ3v) is 6.03. The van der Waals surface area contributed by atoms with Crippen LogP contribution in [-0.4, -0.2) is 36.8 Å². The van der Waals surface area contributed by atoms with Gasteiger partial charge in [-0.15, -0.1) is 11.8 Å². The first-order chi connectivity index (χ1) is 14.1. The molecular weight excluding hydrogens is 408 g/mol. The van der Waals surface area contributed by atoms with Crippen LogP contribution in [-0.2, 0) is 9.53 Å². The van der Waals surface area contributed by atoms with Crippen LogP contribution in [0.5, 0.6) is 0 Å². The fourth-order valence-corrected chi connectivity index (χ4v) is 4.29. The van der Waals surface area contributed by atoms with E-state index in [4.69, 9.17) is 16.3 Å². The predicted octanol–water partition coefficient (Wildman–Crippen LogP) is 4.76. The highest BCUT2D eigenvalue weighted by molar-refractivity contribution is 7.99. The summed E-state index contributed by atoms with van der Waals surface area (Å²) in [5, 5.41) is 6.35. The van der Waals surface area contributed by atoms with Crippen molar-refractivity contribution in [1.29, 1.82) is 0 Å². The van der Waals surface area contributed by atoms with E-state index in [-0.39, 0.29) is 17.9 Å². The second-order valence-corrected chi connectivity index (χ2v) is 8.35. The molecule has 7 heteroatoms. The van der Waals surface area contributed by atoms with Gasteiger partial charge in [-0.05, 0) is 55.7 Å². The highest BCUT2D eigenvalue weighted by Gasteiger charge is 2.17. The van der Waals surface area contributed by atoms with Crippen molar-refractivity contribution in [2.24, 2.45) is 0 Å². The molecule has 0 aromatic heterocycles. The molecule has 154 valence electrons. The number of carbonyl (C=O) groups excluding carboxylic acids is 2. The van der Waals surface area contributed by atoms with Gasteiger partial charge in [-0.25, -0.2) is 0 Å². The van der Waals surface area contributed by atoms with E-state index in [1.807, 2.05) is 24.3 Å². The van der Waals surface area contributed by atoms with Crippen LogP contribution < -0.4 is 10.6 Å². The molecule has 0 spiro atoms. The number of rotatable bonds is 9. The zero-order valence-corrected chi connectivity index (χ0v) is 17.7. The van der Waals surface area contributed by atoms with Gasteiger partial charge in [0.2, 0.25) is 5.91 Å². The number of hydrogen-bond acceptors (Lipinski definition) is 4. The summed E-state index contributed by atoms with van der Waals surface area (Å²) in [5.74, 6) is 0.655. The summed E-state index contributed by atoms with van der Waals surface area (Å²) in [6.45, 7) is 1.27. The molecule has 2 N–H and O–H groups in total. The molecule has 2 aromatic carbocycles. The molecule has 1 aliphatic rings. The molecular formula is C22H25ClN2O3S. The quantitative estimate of drug-likeness (QED) is 0.443. The number of benzene rings is 2. The third-order valence-electron chi connectivity index (χ3n) is 4.57. The van der Waals surface area contributed by atoms with Crippen molar-refractivity contribution in [3.8, 4) is 0 Å². The Labute approximate surface area is 180 Å². The standard InChI is InChI=1S/C22H25ClN2O3S/c23-16-9-11-17(12-10-16)25-21(26)8-3-13-24-22(27)19-6-1-2-7-20(19)29-15-18-5-4-14-28-18/h1-2,6-7,9-12,18H,3-5,8,13-15H2,(H,24,27)(H,25,26). The highest BCUT2D eigenvalue weighted by atomic mass is 35.5. The SMILES string of the molecule is O=C(CCCNC(=O)c1ccccc1SCC1CCCO1)Nc1ccc(Cl)cc1. The van der Waals surface area contributed by atoms with Crippen molar-refractivity contribution in [3.63, 3.8) is 0 Å². The van der Waals surface area contributed by atoms with Gasteiger partial charge in [0.25, 0.3) is 5.91 Å². The molecule has 0 aliphatic carbocycles. The molecule has 3 rings (SSSR count). The van der Waals surface area contributed by atoms with Crippen LogP contribution in [0.25, 0.3) is 0 Å². The van der Waals surface area contributed by atoms with Gasteiger partial charge in [-0.1, -0.05) is 23.7 Å². The minimum absolute atomic E-state index is 0.0888. The van der Waals surface area contributed by atoms with Crippen molar-refractivity contribution in [2.45, 2.75) is 36.7 Å². The lowest BCUT2D eigenvalue weighted by molar-refractivity contribution is -0.116. The number of amides is 2. The van der Waals surface area contributed by atoms with Crippen molar-refractivity contribution >= 4 is 40.9 Å².